The molecule has 2 aromatic rings. The minimum atomic E-state index is -0.323. The van der Waals surface area contributed by atoms with E-state index in [1.165, 1.54) is 6.07 Å². The van der Waals surface area contributed by atoms with Gasteiger partial charge in [-0.05, 0) is 43.7 Å². The van der Waals surface area contributed by atoms with Gasteiger partial charge in [-0.1, -0.05) is 23.7 Å². The van der Waals surface area contributed by atoms with Gasteiger partial charge in [0.2, 0.25) is 0 Å². The largest absolute Gasteiger partial charge is 0.366 e. The number of nitrogens with one attached hydrogen (secondary N) is 1. The van der Waals surface area contributed by atoms with Crippen LogP contribution in [-0.4, -0.2) is 24.8 Å². The maximum atomic E-state index is 13.8. The molecule has 3 nitrogen and oxygen atoms in total. The lowest BCUT2D eigenvalue weighted by atomic mass is 10.2. The molecule has 0 unspecified atom stereocenters. The molecule has 0 saturated heterocycles. The number of hydrogen-bond acceptors (Lipinski definition) is 2. The van der Waals surface area contributed by atoms with Crippen LogP contribution in [0.3, 0.4) is 0 Å². The molecule has 0 aliphatic rings. The van der Waals surface area contributed by atoms with E-state index in [0.29, 0.717) is 22.1 Å². The predicted molar refractivity (Wildman–Crippen MR) is 92.3 cm³/mol. The van der Waals surface area contributed by atoms with E-state index in [1.807, 2.05) is 37.9 Å². The Labute approximate surface area is 135 Å². The summed E-state index contributed by atoms with van der Waals surface area (Å²) in [6.45, 7) is 4.84. The first-order chi connectivity index (χ1) is 10.5. The van der Waals surface area contributed by atoms with Crippen LogP contribution in [0.1, 0.15) is 12.5 Å². The predicted octanol–water partition coefficient (Wildman–Crippen LogP) is 5.14. The van der Waals surface area contributed by atoms with E-state index in [9.17, 15) is 4.39 Å². The number of para-hydroxylation sites is 1. The molecule has 2 aromatic carbocycles. The van der Waals surface area contributed by atoms with E-state index in [2.05, 4.69) is 10.3 Å². The van der Waals surface area contributed by atoms with E-state index >= 15 is 0 Å². The zero-order valence-electron chi connectivity index (χ0n) is 12.9. The molecule has 5 heteroatoms. The van der Waals surface area contributed by atoms with Crippen molar-refractivity contribution < 1.29 is 4.39 Å². The molecule has 116 valence electrons. The Bertz CT molecular complexity index is 686. The van der Waals surface area contributed by atoms with Crippen molar-refractivity contribution in [3.8, 4) is 0 Å². The lowest BCUT2D eigenvalue weighted by Crippen LogP contribution is -2.14. The average molecular weight is 320 g/mol. The third kappa shape index (κ3) is 3.98. The van der Waals surface area contributed by atoms with Crippen molar-refractivity contribution >= 4 is 35.0 Å². The number of benzene rings is 2. The van der Waals surface area contributed by atoms with Gasteiger partial charge in [0.15, 0.2) is 0 Å². The van der Waals surface area contributed by atoms with E-state index < -0.39 is 0 Å². The van der Waals surface area contributed by atoms with Gasteiger partial charge >= 0.3 is 0 Å². The van der Waals surface area contributed by atoms with Gasteiger partial charge in [0.1, 0.15) is 5.82 Å². The molecule has 0 saturated carbocycles. The van der Waals surface area contributed by atoms with Gasteiger partial charge in [-0.2, -0.15) is 0 Å². The Morgan fingerprint density at radius 3 is 2.68 bits per heavy atom. The van der Waals surface area contributed by atoms with Crippen molar-refractivity contribution in [3.05, 3.63) is 52.8 Å². The fraction of sp³-hybridized carbons (Fsp3) is 0.235. The summed E-state index contributed by atoms with van der Waals surface area (Å²) in [5, 5.41) is 3.50. The fourth-order valence-corrected chi connectivity index (χ4v) is 2.09. The number of halogens is 2. The van der Waals surface area contributed by atoms with Crippen LogP contribution in [0.15, 0.2) is 41.4 Å². The Kier molecular flexibility index (Phi) is 5.39. The summed E-state index contributed by atoms with van der Waals surface area (Å²) >= 11 is 6.39. The van der Waals surface area contributed by atoms with E-state index in [1.54, 1.807) is 24.5 Å². The van der Waals surface area contributed by atoms with Crippen molar-refractivity contribution in [1.82, 2.24) is 4.90 Å². The minimum Gasteiger partial charge on any atom is -0.366 e. The lowest BCUT2D eigenvalue weighted by Gasteiger charge is -2.13. The molecule has 0 heterocycles. The molecule has 0 aromatic heterocycles. The van der Waals surface area contributed by atoms with Crippen LogP contribution in [0.25, 0.3) is 0 Å². The molecule has 0 aliphatic heterocycles. The topological polar surface area (TPSA) is 27.6 Å². The maximum Gasteiger partial charge on any atom is 0.146 e. The second-order valence-electron chi connectivity index (χ2n) is 5.07. The van der Waals surface area contributed by atoms with E-state index in [-0.39, 0.29) is 5.82 Å². The quantitative estimate of drug-likeness (QED) is 0.610. The van der Waals surface area contributed by atoms with Crippen molar-refractivity contribution in [1.29, 1.82) is 0 Å². The highest BCUT2D eigenvalue weighted by molar-refractivity contribution is 6.36. The van der Waals surface area contributed by atoms with Crippen LogP contribution in [0.5, 0.6) is 0 Å². The summed E-state index contributed by atoms with van der Waals surface area (Å²) in [7, 11) is 1.94. The van der Waals surface area contributed by atoms with E-state index in [4.69, 9.17) is 11.6 Å². The monoisotopic (exact) mass is 319 g/mol. The molecule has 0 amide bonds. The van der Waals surface area contributed by atoms with Crippen molar-refractivity contribution in [2.45, 2.75) is 13.8 Å². The summed E-state index contributed by atoms with van der Waals surface area (Å²) < 4.78 is 13.8. The van der Waals surface area contributed by atoms with Gasteiger partial charge in [-0.15, -0.1) is 0 Å². The van der Waals surface area contributed by atoms with Crippen LogP contribution in [0.4, 0.5) is 21.5 Å². The Hall–Kier alpha value is -2.07. The number of nitrogens with zero attached hydrogens (tertiary/aromatic N) is 2. The molecule has 1 N–H and O–H groups in total. The number of aryl methyl sites for hydroxylation is 1. The molecule has 2 rings (SSSR count). The summed E-state index contributed by atoms with van der Waals surface area (Å²) in [6, 6.07) is 10.3. The van der Waals surface area contributed by atoms with Gasteiger partial charge < -0.3 is 10.2 Å². The van der Waals surface area contributed by atoms with Gasteiger partial charge in [0.25, 0.3) is 0 Å². The molecular formula is C17H19ClFN3. The highest BCUT2D eigenvalue weighted by atomic mass is 35.5. The third-order valence-corrected chi connectivity index (χ3v) is 3.63. The molecule has 22 heavy (non-hydrogen) atoms. The summed E-state index contributed by atoms with van der Waals surface area (Å²) in [6.07, 6.45) is 1.73. The Balaban J connectivity index is 2.35. The van der Waals surface area contributed by atoms with Crippen LogP contribution >= 0.6 is 11.6 Å². The second kappa shape index (κ2) is 7.27. The number of rotatable bonds is 5. The zero-order chi connectivity index (χ0) is 16.1. The van der Waals surface area contributed by atoms with Crippen molar-refractivity contribution in [3.63, 3.8) is 0 Å². The fourth-order valence-electron chi connectivity index (χ4n) is 1.88. The lowest BCUT2D eigenvalue weighted by molar-refractivity contribution is 0.552. The van der Waals surface area contributed by atoms with E-state index in [0.717, 1.165) is 12.1 Å². The SMILES string of the molecule is CCN(C)/C=N\c1cc(C)cc(Nc2ccccc2F)c1Cl. The first-order valence-corrected chi connectivity index (χ1v) is 7.45. The zero-order valence-corrected chi connectivity index (χ0v) is 13.7. The molecule has 0 atom stereocenters. The first-order valence-electron chi connectivity index (χ1n) is 7.07. The molecular weight excluding hydrogens is 301 g/mol. The first kappa shape index (κ1) is 16.3. The van der Waals surface area contributed by atoms with Crippen LogP contribution in [-0.2, 0) is 0 Å². The standard InChI is InChI=1S/C17H19ClFN3/c1-4-22(3)11-20-15-9-12(2)10-16(17(15)18)21-14-8-6-5-7-13(14)19/h5-11,21H,4H2,1-3H3/b20-11-. The molecule has 0 radical (unpaired) electrons. The van der Waals surface area contributed by atoms with Crippen molar-refractivity contribution in [2.75, 3.05) is 18.9 Å². The summed E-state index contributed by atoms with van der Waals surface area (Å²) in [5.74, 6) is -0.323. The highest BCUT2D eigenvalue weighted by Crippen LogP contribution is 2.35. The molecule has 0 fully saturated rings. The number of anilines is 2. The minimum absolute atomic E-state index is 0.323. The smallest absolute Gasteiger partial charge is 0.146 e. The highest BCUT2D eigenvalue weighted by Gasteiger charge is 2.09. The van der Waals surface area contributed by atoms with Gasteiger partial charge in [-0.3, -0.25) is 0 Å². The molecule has 0 spiro atoms. The summed E-state index contributed by atoms with van der Waals surface area (Å²) in [4.78, 5) is 6.34. The molecule has 0 bridgehead atoms. The Morgan fingerprint density at radius 2 is 2.00 bits per heavy atom. The van der Waals surface area contributed by atoms with Gasteiger partial charge in [-0.25, -0.2) is 9.38 Å². The second-order valence-corrected chi connectivity index (χ2v) is 5.45. The maximum absolute atomic E-state index is 13.8. The summed E-state index contributed by atoms with van der Waals surface area (Å²) in [5.41, 5.74) is 2.67. The normalized spacial score (nSPS) is 11.0. The molecule has 0 aliphatic carbocycles. The van der Waals surface area contributed by atoms with Crippen LogP contribution in [0, 0.1) is 12.7 Å². The van der Waals surface area contributed by atoms with Gasteiger partial charge in [0.05, 0.1) is 28.4 Å². The number of hydrogen-bond donors (Lipinski definition) is 1. The van der Waals surface area contributed by atoms with Crippen LogP contribution < -0.4 is 5.32 Å². The van der Waals surface area contributed by atoms with Crippen LogP contribution in [0.2, 0.25) is 5.02 Å². The number of aliphatic imine (C=N–C) groups is 1. The van der Waals surface area contributed by atoms with Gasteiger partial charge in [0, 0.05) is 13.6 Å². The third-order valence-electron chi connectivity index (χ3n) is 3.23. The Morgan fingerprint density at radius 1 is 1.27 bits per heavy atom. The average Bonchev–Trinajstić information content (AvgIpc) is 2.50. The van der Waals surface area contributed by atoms with Crippen molar-refractivity contribution in [2.24, 2.45) is 4.99 Å².